The largest absolute Gasteiger partial charge is 0.490 e. The third kappa shape index (κ3) is 2.28. The Hall–Kier alpha value is -1.26. The van der Waals surface area contributed by atoms with Crippen molar-refractivity contribution in [3.63, 3.8) is 0 Å². The number of hydrogen-bond acceptors (Lipinski definition) is 4. The van der Waals surface area contributed by atoms with Gasteiger partial charge in [0.05, 0.1) is 13.2 Å². The van der Waals surface area contributed by atoms with Crippen molar-refractivity contribution < 1.29 is 14.2 Å². The Morgan fingerprint density at radius 3 is 2.69 bits per heavy atom. The second-order valence-electron chi connectivity index (χ2n) is 3.66. The summed E-state index contributed by atoms with van der Waals surface area (Å²) in [5.74, 6) is 1.61. The number of rotatable bonds is 3. The first kappa shape index (κ1) is 11.2. The molecule has 1 aliphatic rings. The van der Waals surface area contributed by atoms with Crippen molar-refractivity contribution >= 4 is 0 Å². The Labute approximate surface area is 95.5 Å². The van der Waals surface area contributed by atoms with Crippen LogP contribution in [0.15, 0.2) is 18.2 Å². The van der Waals surface area contributed by atoms with Crippen LogP contribution in [0.2, 0.25) is 0 Å². The van der Waals surface area contributed by atoms with Gasteiger partial charge in [-0.05, 0) is 24.7 Å². The number of nitrogens with one attached hydrogen (secondary N) is 1. The molecule has 0 saturated heterocycles. The zero-order valence-electron chi connectivity index (χ0n) is 9.66. The highest BCUT2D eigenvalue weighted by atomic mass is 16.5. The predicted molar refractivity (Wildman–Crippen MR) is 60.9 cm³/mol. The quantitative estimate of drug-likeness (QED) is 0.792. The lowest BCUT2D eigenvalue weighted by molar-refractivity contribution is 0.0806. The van der Waals surface area contributed by atoms with E-state index in [0.29, 0.717) is 13.2 Å². The second kappa shape index (κ2) is 5.18. The maximum absolute atomic E-state index is 5.62. The average Bonchev–Trinajstić information content (AvgIpc) is 2.55. The highest BCUT2D eigenvalue weighted by Gasteiger charge is 2.14. The van der Waals surface area contributed by atoms with Gasteiger partial charge in [-0.2, -0.15) is 0 Å². The zero-order chi connectivity index (χ0) is 11.4. The molecule has 16 heavy (non-hydrogen) atoms. The lowest BCUT2D eigenvalue weighted by atomic mass is 10.1. The minimum Gasteiger partial charge on any atom is -0.490 e. The summed E-state index contributed by atoms with van der Waals surface area (Å²) < 4.78 is 16.5. The monoisotopic (exact) mass is 223 g/mol. The maximum Gasteiger partial charge on any atom is 0.161 e. The summed E-state index contributed by atoms with van der Waals surface area (Å²) in [7, 11) is 3.53. The highest BCUT2D eigenvalue weighted by molar-refractivity contribution is 5.43. The van der Waals surface area contributed by atoms with E-state index in [1.165, 1.54) is 0 Å². The Morgan fingerprint density at radius 2 is 2.00 bits per heavy atom. The third-order valence-electron chi connectivity index (χ3n) is 2.57. The van der Waals surface area contributed by atoms with Crippen molar-refractivity contribution in [2.45, 2.75) is 12.6 Å². The van der Waals surface area contributed by atoms with Crippen LogP contribution in [0.1, 0.15) is 18.2 Å². The second-order valence-corrected chi connectivity index (χ2v) is 3.66. The first-order valence-corrected chi connectivity index (χ1v) is 5.44. The molecular weight excluding hydrogens is 206 g/mol. The van der Waals surface area contributed by atoms with Crippen LogP contribution in [0.5, 0.6) is 11.5 Å². The molecule has 4 heteroatoms. The van der Waals surface area contributed by atoms with Crippen molar-refractivity contribution in [1.29, 1.82) is 0 Å². The molecule has 0 saturated carbocycles. The molecule has 0 aliphatic carbocycles. The Balaban J connectivity index is 2.26. The maximum atomic E-state index is 5.62. The van der Waals surface area contributed by atoms with Crippen molar-refractivity contribution in [2.24, 2.45) is 0 Å². The normalized spacial score (nSPS) is 16.6. The molecule has 0 spiro atoms. The van der Waals surface area contributed by atoms with Gasteiger partial charge in [0, 0.05) is 13.5 Å². The molecule has 1 unspecified atom stereocenters. The molecule has 4 nitrogen and oxygen atoms in total. The van der Waals surface area contributed by atoms with E-state index in [1.807, 2.05) is 25.2 Å². The van der Waals surface area contributed by atoms with Gasteiger partial charge in [0.2, 0.25) is 0 Å². The van der Waals surface area contributed by atoms with Crippen LogP contribution in [-0.2, 0) is 4.74 Å². The van der Waals surface area contributed by atoms with E-state index >= 15 is 0 Å². The lowest BCUT2D eigenvalue weighted by Crippen LogP contribution is -2.17. The van der Waals surface area contributed by atoms with Gasteiger partial charge in [-0.3, -0.25) is 5.32 Å². The van der Waals surface area contributed by atoms with Crippen LogP contribution in [0, 0.1) is 0 Å². The molecule has 1 aliphatic heterocycles. The number of methoxy groups -OCH3 is 1. The third-order valence-corrected chi connectivity index (χ3v) is 2.57. The van der Waals surface area contributed by atoms with Gasteiger partial charge < -0.3 is 14.2 Å². The number of benzene rings is 1. The fourth-order valence-corrected chi connectivity index (χ4v) is 1.76. The van der Waals surface area contributed by atoms with E-state index < -0.39 is 0 Å². The van der Waals surface area contributed by atoms with Gasteiger partial charge in [-0.15, -0.1) is 0 Å². The van der Waals surface area contributed by atoms with E-state index in [0.717, 1.165) is 23.5 Å². The standard InChI is InChI=1S/C12H17NO3/c1-13-12(14-2)9-4-5-10-11(8-9)16-7-3-6-15-10/h4-5,8,12-13H,3,6-7H2,1-2H3. The summed E-state index contributed by atoms with van der Waals surface area (Å²) in [6.07, 6.45) is 0.807. The van der Waals surface area contributed by atoms with Gasteiger partial charge in [0.25, 0.3) is 0 Å². The smallest absolute Gasteiger partial charge is 0.161 e. The molecule has 0 amide bonds. The van der Waals surface area contributed by atoms with E-state index in [9.17, 15) is 0 Å². The van der Waals surface area contributed by atoms with Crippen molar-refractivity contribution in [2.75, 3.05) is 27.4 Å². The highest BCUT2D eigenvalue weighted by Crippen LogP contribution is 2.32. The van der Waals surface area contributed by atoms with Crippen molar-refractivity contribution in [3.05, 3.63) is 23.8 Å². The van der Waals surface area contributed by atoms with Gasteiger partial charge in [0.1, 0.15) is 6.23 Å². The van der Waals surface area contributed by atoms with Crippen LogP contribution in [0.3, 0.4) is 0 Å². The Kier molecular flexibility index (Phi) is 3.64. The first-order chi connectivity index (χ1) is 7.85. The molecule has 1 aromatic rings. The molecule has 1 heterocycles. The molecule has 2 rings (SSSR count). The minimum atomic E-state index is -0.114. The zero-order valence-corrected chi connectivity index (χ0v) is 9.66. The Morgan fingerprint density at radius 1 is 1.25 bits per heavy atom. The minimum absolute atomic E-state index is 0.114. The molecule has 0 aromatic heterocycles. The summed E-state index contributed by atoms with van der Waals surface area (Å²) in [6.45, 7) is 1.42. The van der Waals surface area contributed by atoms with E-state index in [2.05, 4.69) is 5.32 Å². The average molecular weight is 223 g/mol. The fourth-order valence-electron chi connectivity index (χ4n) is 1.76. The van der Waals surface area contributed by atoms with E-state index in [1.54, 1.807) is 7.11 Å². The molecule has 0 radical (unpaired) electrons. The molecule has 1 aromatic carbocycles. The van der Waals surface area contributed by atoms with Crippen LogP contribution in [0.25, 0.3) is 0 Å². The summed E-state index contributed by atoms with van der Waals surface area (Å²) in [6, 6.07) is 5.88. The van der Waals surface area contributed by atoms with Gasteiger partial charge >= 0.3 is 0 Å². The molecule has 0 fully saturated rings. The van der Waals surface area contributed by atoms with E-state index in [4.69, 9.17) is 14.2 Å². The summed E-state index contributed by atoms with van der Waals surface area (Å²) >= 11 is 0. The van der Waals surface area contributed by atoms with Gasteiger partial charge in [-0.25, -0.2) is 0 Å². The van der Waals surface area contributed by atoms with Crippen LogP contribution >= 0.6 is 0 Å². The SMILES string of the molecule is CNC(OC)c1ccc2c(c1)OCCCO2. The van der Waals surface area contributed by atoms with Crippen molar-refractivity contribution in [3.8, 4) is 11.5 Å². The van der Waals surface area contributed by atoms with Crippen LogP contribution in [-0.4, -0.2) is 27.4 Å². The molecule has 1 N–H and O–H groups in total. The predicted octanol–water partition coefficient (Wildman–Crippen LogP) is 1.71. The van der Waals surface area contributed by atoms with Gasteiger partial charge in [-0.1, -0.05) is 6.07 Å². The number of hydrogen-bond donors (Lipinski definition) is 1. The van der Waals surface area contributed by atoms with E-state index in [-0.39, 0.29) is 6.23 Å². The molecule has 1 atom stereocenters. The number of ether oxygens (including phenoxy) is 3. The molecular formula is C12H17NO3. The topological polar surface area (TPSA) is 39.7 Å². The van der Waals surface area contributed by atoms with Crippen LogP contribution in [0.4, 0.5) is 0 Å². The number of fused-ring (bicyclic) bond motifs is 1. The lowest BCUT2D eigenvalue weighted by Gasteiger charge is -2.16. The first-order valence-electron chi connectivity index (χ1n) is 5.44. The summed E-state index contributed by atoms with van der Waals surface area (Å²) in [5, 5.41) is 3.07. The molecule has 0 bridgehead atoms. The molecule has 88 valence electrons. The van der Waals surface area contributed by atoms with Gasteiger partial charge in [0.15, 0.2) is 11.5 Å². The van der Waals surface area contributed by atoms with Crippen LogP contribution < -0.4 is 14.8 Å². The Bertz CT molecular complexity index is 350. The summed E-state index contributed by atoms with van der Waals surface area (Å²) in [4.78, 5) is 0. The summed E-state index contributed by atoms with van der Waals surface area (Å²) in [5.41, 5.74) is 1.04. The van der Waals surface area contributed by atoms with Crippen molar-refractivity contribution in [1.82, 2.24) is 5.32 Å². The fraction of sp³-hybridized carbons (Fsp3) is 0.500.